The van der Waals surface area contributed by atoms with Crippen LogP contribution in [0.3, 0.4) is 0 Å². The van der Waals surface area contributed by atoms with Crippen molar-refractivity contribution in [2.45, 2.75) is 15.9 Å². The molecule has 2 aromatic carbocycles. The lowest BCUT2D eigenvalue weighted by molar-refractivity contribution is -0.388. The topological polar surface area (TPSA) is 110 Å². The smallest absolute Gasteiger partial charge is 0.284 e. The van der Waals surface area contributed by atoms with Crippen LogP contribution in [0.4, 0.5) is 5.69 Å². The number of thioether (sulfide) groups is 1. The van der Waals surface area contributed by atoms with E-state index >= 15 is 0 Å². The van der Waals surface area contributed by atoms with Gasteiger partial charge in [0, 0.05) is 24.9 Å². The van der Waals surface area contributed by atoms with Crippen LogP contribution >= 0.6 is 11.8 Å². The number of ether oxygens (including phenoxy) is 1. The molecule has 0 spiro atoms. The second-order valence-electron chi connectivity index (χ2n) is 6.14. The van der Waals surface area contributed by atoms with E-state index in [-0.39, 0.29) is 29.4 Å². The van der Waals surface area contributed by atoms with E-state index in [1.165, 1.54) is 16.4 Å². The van der Waals surface area contributed by atoms with Crippen molar-refractivity contribution in [3.63, 3.8) is 0 Å². The van der Waals surface area contributed by atoms with E-state index in [1.807, 2.05) is 6.07 Å². The number of hydrogen-bond donors (Lipinski definition) is 1. The third-order valence-electron chi connectivity index (χ3n) is 4.32. The molecular formula is C18H20N2O6S2. The molecule has 28 heavy (non-hydrogen) atoms. The molecule has 1 aliphatic rings. The lowest BCUT2D eigenvalue weighted by atomic mass is 10.1. The zero-order chi connectivity index (χ0) is 20.1. The maximum absolute atomic E-state index is 12.7. The number of aliphatic hydroxyl groups excluding tert-OH is 1. The van der Waals surface area contributed by atoms with E-state index in [9.17, 15) is 23.6 Å². The standard InChI is InChI=1S/C18H20N2O6S2/c21-17(14-4-2-1-3-5-14)13-27-18-7-6-15(12-16(18)20(22)23)28(24,25)19-8-10-26-11-9-19/h1-7,12,17,21H,8-11,13H2/t17-/m0/s1. The average Bonchev–Trinajstić information content (AvgIpc) is 2.73. The van der Waals surface area contributed by atoms with E-state index in [0.717, 1.165) is 17.8 Å². The molecule has 0 unspecified atom stereocenters. The molecule has 0 amide bonds. The van der Waals surface area contributed by atoms with Crippen LogP contribution in [-0.4, -0.2) is 54.8 Å². The molecule has 2 aromatic rings. The van der Waals surface area contributed by atoms with Gasteiger partial charge in [-0.25, -0.2) is 8.42 Å². The van der Waals surface area contributed by atoms with Gasteiger partial charge in [-0.05, 0) is 17.7 Å². The minimum absolute atomic E-state index is 0.117. The van der Waals surface area contributed by atoms with Crippen molar-refractivity contribution in [2.75, 3.05) is 32.1 Å². The highest BCUT2D eigenvalue weighted by molar-refractivity contribution is 7.99. The monoisotopic (exact) mass is 424 g/mol. The molecule has 10 heteroatoms. The van der Waals surface area contributed by atoms with Crippen LogP contribution in [-0.2, 0) is 14.8 Å². The summed E-state index contributed by atoms with van der Waals surface area (Å²) in [5.74, 6) is 0.209. The highest BCUT2D eigenvalue weighted by Gasteiger charge is 2.29. The van der Waals surface area contributed by atoms with Crippen LogP contribution < -0.4 is 0 Å². The fraction of sp³-hybridized carbons (Fsp3) is 0.333. The molecule has 0 aromatic heterocycles. The van der Waals surface area contributed by atoms with Gasteiger partial charge in [0.2, 0.25) is 10.0 Å². The predicted octanol–water partition coefficient (Wildman–Crippen LogP) is 2.44. The number of nitro benzene ring substituents is 1. The summed E-state index contributed by atoms with van der Waals surface area (Å²) in [6.45, 7) is 1.03. The number of nitrogens with zero attached hydrogens (tertiary/aromatic N) is 2. The molecule has 1 heterocycles. The number of rotatable bonds is 7. The zero-order valence-electron chi connectivity index (χ0n) is 14.9. The summed E-state index contributed by atoms with van der Waals surface area (Å²) in [5.41, 5.74) is 0.420. The van der Waals surface area contributed by atoms with Crippen LogP contribution in [0.25, 0.3) is 0 Å². The SMILES string of the molecule is O=[N+]([O-])c1cc(S(=O)(=O)N2CCOCC2)ccc1SC[C@H](O)c1ccccc1. The first-order valence-corrected chi connectivity index (χ1v) is 11.0. The first-order valence-electron chi connectivity index (χ1n) is 8.62. The van der Waals surface area contributed by atoms with Gasteiger partial charge in [0.25, 0.3) is 5.69 Å². The van der Waals surface area contributed by atoms with Gasteiger partial charge in [-0.1, -0.05) is 30.3 Å². The quantitative estimate of drug-likeness (QED) is 0.413. The Balaban J connectivity index is 1.80. The third-order valence-corrected chi connectivity index (χ3v) is 7.35. The molecule has 0 saturated carbocycles. The number of nitro groups is 1. The van der Waals surface area contributed by atoms with Crippen LogP contribution in [0.2, 0.25) is 0 Å². The minimum atomic E-state index is -3.82. The maximum Gasteiger partial charge on any atom is 0.284 e. The molecule has 1 aliphatic heterocycles. The molecular weight excluding hydrogens is 404 g/mol. The fourth-order valence-electron chi connectivity index (χ4n) is 2.80. The Hall–Kier alpha value is -1.98. The molecule has 150 valence electrons. The van der Waals surface area contributed by atoms with Gasteiger partial charge in [0.1, 0.15) is 0 Å². The number of morpholine rings is 1. The Morgan fingerprint density at radius 3 is 2.50 bits per heavy atom. The van der Waals surface area contributed by atoms with Crippen molar-refractivity contribution in [1.29, 1.82) is 0 Å². The fourth-order valence-corrected chi connectivity index (χ4v) is 5.20. The Bertz CT molecular complexity index is 930. The number of aliphatic hydroxyl groups is 1. The van der Waals surface area contributed by atoms with Gasteiger partial charge >= 0.3 is 0 Å². The summed E-state index contributed by atoms with van der Waals surface area (Å²) in [6.07, 6.45) is -0.789. The Labute approximate surface area is 167 Å². The second-order valence-corrected chi connectivity index (χ2v) is 9.14. The Morgan fingerprint density at radius 2 is 1.86 bits per heavy atom. The van der Waals surface area contributed by atoms with E-state index < -0.39 is 21.1 Å². The van der Waals surface area contributed by atoms with Gasteiger partial charge in [-0.2, -0.15) is 4.31 Å². The first kappa shape index (κ1) is 20.7. The van der Waals surface area contributed by atoms with E-state index in [2.05, 4.69) is 0 Å². The number of benzene rings is 2. The molecule has 3 rings (SSSR count). The van der Waals surface area contributed by atoms with Crippen LogP contribution in [0.1, 0.15) is 11.7 Å². The van der Waals surface area contributed by atoms with Gasteiger partial charge < -0.3 is 9.84 Å². The average molecular weight is 425 g/mol. The van der Waals surface area contributed by atoms with Gasteiger partial charge in [0.15, 0.2) is 0 Å². The van der Waals surface area contributed by atoms with Crippen molar-refractivity contribution < 1.29 is 23.2 Å². The highest BCUT2D eigenvalue weighted by Crippen LogP contribution is 2.34. The van der Waals surface area contributed by atoms with Gasteiger partial charge in [-0.15, -0.1) is 11.8 Å². The minimum Gasteiger partial charge on any atom is -0.388 e. The highest BCUT2D eigenvalue weighted by atomic mass is 32.2. The molecule has 1 N–H and O–H groups in total. The molecule has 1 fully saturated rings. The summed E-state index contributed by atoms with van der Waals surface area (Å²) >= 11 is 1.11. The van der Waals surface area contributed by atoms with Crippen molar-refractivity contribution in [2.24, 2.45) is 0 Å². The zero-order valence-corrected chi connectivity index (χ0v) is 16.6. The molecule has 8 nitrogen and oxygen atoms in total. The lowest BCUT2D eigenvalue weighted by Crippen LogP contribution is -2.40. The van der Waals surface area contributed by atoms with Crippen LogP contribution in [0, 0.1) is 10.1 Å². The summed E-state index contributed by atoms with van der Waals surface area (Å²) in [4.78, 5) is 11.1. The lowest BCUT2D eigenvalue weighted by Gasteiger charge is -2.26. The van der Waals surface area contributed by atoms with Crippen molar-refractivity contribution >= 4 is 27.5 Å². The number of sulfonamides is 1. The summed E-state index contributed by atoms with van der Waals surface area (Å²) < 4.78 is 31.9. The van der Waals surface area contributed by atoms with E-state index in [1.54, 1.807) is 24.3 Å². The Kier molecular flexibility index (Phi) is 6.68. The van der Waals surface area contributed by atoms with Crippen molar-refractivity contribution in [3.8, 4) is 0 Å². The molecule has 0 radical (unpaired) electrons. The third kappa shape index (κ3) is 4.70. The largest absolute Gasteiger partial charge is 0.388 e. The van der Waals surface area contributed by atoms with Gasteiger partial charge in [-0.3, -0.25) is 10.1 Å². The molecule has 0 aliphatic carbocycles. The Morgan fingerprint density at radius 1 is 1.18 bits per heavy atom. The predicted molar refractivity (Wildman–Crippen MR) is 105 cm³/mol. The summed E-state index contributed by atoms with van der Waals surface area (Å²) in [5, 5.41) is 21.8. The molecule has 1 saturated heterocycles. The summed E-state index contributed by atoms with van der Waals surface area (Å²) in [6, 6.07) is 12.9. The molecule has 0 bridgehead atoms. The second kappa shape index (κ2) is 9.01. The maximum atomic E-state index is 12.7. The van der Waals surface area contributed by atoms with Crippen molar-refractivity contribution in [3.05, 3.63) is 64.2 Å². The van der Waals surface area contributed by atoms with Crippen LogP contribution in [0.5, 0.6) is 0 Å². The van der Waals surface area contributed by atoms with E-state index in [0.29, 0.717) is 23.7 Å². The van der Waals surface area contributed by atoms with Crippen molar-refractivity contribution in [1.82, 2.24) is 4.31 Å². The van der Waals surface area contributed by atoms with Crippen LogP contribution in [0.15, 0.2) is 58.3 Å². The number of hydrogen-bond acceptors (Lipinski definition) is 7. The summed E-state index contributed by atoms with van der Waals surface area (Å²) in [7, 11) is -3.82. The van der Waals surface area contributed by atoms with Gasteiger partial charge in [0.05, 0.1) is 34.0 Å². The normalized spacial score (nSPS) is 16.6. The first-order chi connectivity index (χ1) is 13.4. The molecule has 1 atom stereocenters. The van der Waals surface area contributed by atoms with E-state index in [4.69, 9.17) is 4.74 Å².